The van der Waals surface area contributed by atoms with Crippen molar-refractivity contribution in [3.05, 3.63) is 58.6 Å². The first-order chi connectivity index (χ1) is 8.63. The molecule has 0 saturated heterocycles. The van der Waals surface area contributed by atoms with Crippen LogP contribution in [0.1, 0.15) is 5.56 Å². The highest BCUT2D eigenvalue weighted by molar-refractivity contribution is 9.10. The Morgan fingerprint density at radius 1 is 1.22 bits per heavy atom. The number of aromatic nitrogens is 2. The molecule has 0 bridgehead atoms. The Morgan fingerprint density at radius 3 is 2.83 bits per heavy atom. The van der Waals surface area contributed by atoms with Crippen molar-refractivity contribution in [2.75, 3.05) is 0 Å². The number of imidazole rings is 1. The van der Waals surface area contributed by atoms with Crippen LogP contribution in [0.5, 0.6) is 0 Å². The molecule has 0 radical (unpaired) electrons. The predicted molar refractivity (Wildman–Crippen MR) is 73.0 cm³/mol. The van der Waals surface area contributed by atoms with Crippen molar-refractivity contribution in [3.63, 3.8) is 0 Å². The van der Waals surface area contributed by atoms with E-state index < -0.39 is 0 Å². The van der Waals surface area contributed by atoms with Gasteiger partial charge in [-0.2, -0.15) is 0 Å². The molecule has 0 aliphatic heterocycles. The lowest BCUT2D eigenvalue weighted by Crippen LogP contribution is -1.81. The fraction of sp³-hybridized carbons (Fsp3) is 0.0714. The average molecular weight is 305 g/mol. The van der Waals surface area contributed by atoms with E-state index in [1.54, 1.807) is 6.07 Å². The largest absolute Gasteiger partial charge is 0.306 e. The SMILES string of the molecule is Cc1ccn2cc(-c3ccc(Br)c(F)c3)nc2c1. The van der Waals surface area contributed by atoms with Crippen LogP contribution in [0.25, 0.3) is 16.9 Å². The Hall–Kier alpha value is -1.68. The summed E-state index contributed by atoms with van der Waals surface area (Å²) in [5.41, 5.74) is 3.57. The van der Waals surface area contributed by atoms with E-state index >= 15 is 0 Å². The van der Waals surface area contributed by atoms with Gasteiger partial charge in [0.2, 0.25) is 0 Å². The summed E-state index contributed by atoms with van der Waals surface area (Å²) in [6.45, 7) is 2.02. The maximum Gasteiger partial charge on any atom is 0.138 e. The number of benzene rings is 1. The third-order valence-corrected chi connectivity index (χ3v) is 3.47. The quantitative estimate of drug-likeness (QED) is 0.658. The highest BCUT2D eigenvalue weighted by atomic mass is 79.9. The van der Waals surface area contributed by atoms with Crippen molar-refractivity contribution >= 4 is 21.6 Å². The van der Waals surface area contributed by atoms with Crippen molar-refractivity contribution in [1.29, 1.82) is 0 Å². The molecule has 90 valence electrons. The van der Waals surface area contributed by atoms with Gasteiger partial charge in [0, 0.05) is 18.0 Å². The lowest BCUT2D eigenvalue weighted by molar-refractivity contribution is 0.621. The van der Waals surface area contributed by atoms with E-state index in [0.29, 0.717) is 4.47 Å². The van der Waals surface area contributed by atoms with Gasteiger partial charge >= 0.3 is 0 Å². The summed E-state index contributed by atoms with van der Waals surface area (Å²) in [6, 6.07) is 9.04. The molecule has 1 aromatic carbocycles. The van der Waals surface area contributed by atoms with Gasteiger partial charge in [-0.3, -0.25) is 0 Å². The van der Waals surface area contributed by atoms with Gasteiger partial charge in [-0.05, 0) is 52.7 Å². The molecule has 2 aromatic heterocycles. The minimum atomic E-state index is -0.277. The maximum atomic E-state index is 13.5. The molecular formula is C14H10BrFN2. The summed E-state index contributed by atoms with van der Waals surface area (Å²) in [5, 5.41) is 0. The van der Waals surface area contributed by atoms with E-state index in [4.69, 9.17) is 0 Å². The predicted octanol–water partition coefficient (Wildman–Crippen LogP) is 4.21. The summed E-state index contributed by atoms with van der Waals surface area (Å²) in [7, 11) is 0. The second kappa shape index (κ2) is 4.21. The lowest BCUT2D eigenvalue weighted by atomic mass is 10.2. The fourth-order valence-corrected chi connectivity index (χ4v) is 2.12. The van der Waals surface area contributed by atoms with Gasteiger partial charge in [0.25, 0.3) is 0 Å². The summed E-state index contributed by atoms with van der Waals surface area (Å²) < 4.78 is 15.9. The highest BCUT2D eigenvalue weighted by Gasteiger charge is 2.07. The van der Waals surface area contributed by atoms with E-state index in [1.165, 1.54) is 6.07 Å². The third kappa shape index (κ3) is 1.93. The van der Waals surface area contributed by atoms with Crippen LogP contribution in [0.3, 0.4) is 0 Å². The van der Waals surface area contributed by atoms with Gasteiger partial charge in [0.05, 0.1) is 10.2 Å². The molecule has 0 spiro atoms. The minimum Gasteiger partial charge on any atom is -0.306 e. The fourth-order valence-electron chi connectivity index (χ4n) is 1.88. The zero-order valence-corrected chi connectivity index (χ0v) is 11.3. The van der Waals surface area contributed by atoms with Crippen LogP contribution in [0, 0.1) is 12.7 Å². The zero-order chi connectivity index (χ0) is 12.7. The summed E-state index contributed by atoms with van der Waals surface area (Å²) in [6.07, 6.45) is 3.85. The monoisotopic (exact) mass is 304 g/mol. The second-order valence-corrected chi connectivity index (χ2v) is 5.08. The normalized spacial score (nSPS) is 11.1. The standard InChI is InChI=1S/C14H10BrFN2/c1-9-4-5-18-8-13(17-14(18)6-9)10-2-3-11(15)12(16)7-10/h2-8H,1H3. The number of rotatable bonds is 1. The van der Waals surface area contributed by atoms with Gasteiger partial charge in [0.1, 0.15) is 11.5 Å². The Morgan fingerprint density at radius 2 is 2.06 bits per heavy atom. The van der Waals surface area contributed by atoms with Crippen molar-refractivity contribution in [2.24, 2.45) is 0 Å². The minimum absolute atomic E-state index is 0.277. The number of halogens is 2. The van der Waals surface area contributed by atoms with E-state index in [1.807, 2.05) is 41.9 Å². The molecular weight excluding hydrogens is 295 g/mol. The molecule has 2 nitrogen and oxygen atoms in total. The Balaban J connectivity index is 2.16. The molecule has 0 atom stereocenters. The number of fused-ring (bicyclic) bond motifs is 1. The average Bonchev–Trinajstić information content (AvgIpc) is 2.75. The van der Waals surface area contributed by atoms with Crippen LogP contribution in [0.4, 0.5) is 4.39 Å². The van der Waals surface area contributed by atoms with E-state index in [9.17, 15) is 4.39 Å². The topological polar surface area (TPSA) is 17.3 Å². The molecule has 3 rings (SSSR count). The first-order valence-electron chi connectivity index (χ1n) is 5.54. The molecule has 2 heterocycles. The van der Waals surface area contributed by atoms with Crippen LogP contribution in [-0.4, -0.2) is 9.38 Å². The van der Waals surface area contributed by atoms with Crippen LogP contribution < -0.4 is 0 Å². The van der Waals surface area contributed by atoms with E-state index in [0.717, 1.165) is 22.5 Å². The molecule has 0 aliphatic carbocycles. The van der Waals surface area contributed by atoms with Crippen molar-refractivity contribution in [2.45, 2.75) is 6.92 Å². The molecule has 0 amide bonds. The highest BCUT2D eigenvalue weighted by Crippen LogP contribution is 2.24. The van der Waals surface area contributed by atoms with Gasteiger partial charge < -0.3 is 4.40 Å². The van der Waals surface area contributed by atoms with E-state index in [-0.39, 0.29) is 5.82 Å². The number of hydrogen-bond acceptors (Lipinski definition) is 1. The maximum absolute atomic E-state index is 13.5. The first kappa shape index (κ1) is 11.4. The van der Waals surface area contributed by atoms with Crippen LogP contribution in [-0.2, 0) is 0 Å². The van der Waals surface area contributed by atoms with Crippen molar-refractivity contribution in [1.82, 2.24) is 9.38 Å². The molecule has 18 heavy (non-hydrogen) atoms. The summed E-state index contributed by atoms with van der Waals surface area (Å²) in [4.78, 5) is 4.50. The molecule has 0 unspecified atom stereocenters. The lowest BCUT2D eigenvalue weighted by Gasteiger charge is -1.98. The number of nitrogens with zero attached hydrogens (tertiary/aromatic N) is 2. The number of aryl methyl sites for hydroxylation is 1. The van der Waals surface area contributed by atoms with Gasteiger partial charge in [-0.25, -0.2) is 9.37 Å². The van der Waals surface area contributed by atoms with Crippen LogP contribution in [0.2, 0.25) is 0 Å². The second-order valence-electron chi connectivity index (χ2n) is 4.22. The number of hydrogen-bond donors (Lipinski definition) is 0. The van der Waals surface area contributed by atoms with Gasteiger partial charge in [-0.15, -0.1) is 0 Å². The summed E-state index contributed by atoms with van der Waals surface area (Å²) >= 11 is 3.15. The molecule has 0 N–H and O–H groups in total. The Labute approximate surface area is 112 Å². The number of pyridine rings is 1. The van der Waals surface area contributed by atoms with Crippen molar-refractivity contribution < 1.29 is 4.39 Å². The smallest absolute Gasteiger partial charge is 0.138 e. The van der Waals surface area contributed by atoms with E-state index in [2.05, 4.69) is 20.9 Å². The molecule has 0 fully saturated rings. The Kier molecular flexibility index (Phi) is 2.67. The molecule has 3 aromatic rings. The zero-order valence-electron chi connectivity index (χ0n) is 9.69. The Bertz CT molecular complexity index is 734. The molecule has 0 saturated carbocycles. The van der Waals surface area contributed by atoms with Crippen LogP contribution >= 0.6 is 15.9 Å². The van der Waals surface area contributed by atoms with Gasteiger partial charge in [0.15, 0.2) is 0 Å². The first-order valence-corrected chi connectivity index (χ1v) is 6.33. The van der Waals surface area contributed by atoms with Gasteiger partial charge in [-0.1, -0.05) is 6.07 Å². The molecule has 0 aliphatic rings. The third-order valence-electron chi connectivity index (χ3n) is 2.83. The molecule has 4 heteroatoms. The van der Waals surface area contributed by atoms with Crippen LogP contribution in [0.15, 0.2) is 47.2 Å². The van der Waals surface area contributed by atoms with Crippen molar-refractivity contribution in [3.8, 4) is 11.3 Å². The summed E-state index contributed by atoms with van der Waals surface area (Å²) in [5.74, 6) is -0.277.